The molecule has 10 heteroatoms. The highest BCUT2D eigenvalue weighted by atomic mass is 35.5. The van der Waals surface area contributed by atoms with Gasteiger partial charge in [0.1, 0.15) is 17.2 Å². The Morgan fingerprint density at radius 1 is 1.14 bits per heavy atom. The Hall–Kier alpha value is -3.72. The van der Waals surface area contributed by atoms with Crippen LogP contribution in [0.25, 0.3) is 33.2 Å². The van der Waals surface area contributed by atoms with E-state index >= 15 is 0 Å². The summed E-state index contributed by atoms with van der Waals surface area (Å²) in [6.45, 7) is 6.70. The molecular formula is C26H26ClFN6O2. The van der Waals surface area contributed by atoms with E-state index in [1.165, 1.54) is 18.3 Å². The molecule has 1 saturated heterocycles. The molecule has 0 spiro atoms. The van der Waals surface area contributed by atoms with Crippen LogP contribution in [0, 0.1) is 5.82 Å². The van der Waals surface area contributed by atoms with Gasteiger partial charge in [-0.25, -0.2) is 14.2 Å². The minimum absolute atomic E-state index is 0.0478. The molecule has 0 radical (unpaired) electrons. The first-order valence-electron chi connectivity index (χ1n) is 11.6. The molecule has 4 aromatic rings. The number of benzene rings is 1. The first-order valence-corrected chi connectivity index (χ1v) is 12.0. The second-order valence-corrected chi connectivity index (χ2v) is 10.3. The van der Waals surface area contributed by atoms with Crippen molar-refractivity contribution in [3.8, 4) is 22.4 Å². The van der Waals surface area contributed by atoms with Crippen molar-refractivity contribution in [3.63, 3.8) is 0 Å². The van der Waals surface area contributed by atoms with E-state index in [1.54, 1.807) is 23.4 Å². The predicted molar refractivity (Wildman–Crippen MR) is 137 cm³/mol. The summed E-state index contributed by atoms with van der Waals surface area (Å²) in [7, 11) is 0. The molecule has 2 N–H and O–H groups in total. The number of pyridine rings is 2. The number of hydrogen-bond acceptors (Lipinski definition) is 6. The molecule has 1 fully saturated rings. The fourth-order valence-electron chi connectivity index (χ4n) is 4.29. The second kappa shape index (κ2) is 9.05. The molecule has 1 aromatic carbocycles. The van der Waals surface area contributed by atoms with Gasteiger partial charge in [-0.05, 0) is 51.5 Å². The minimum Gasteiger partial charge on any atom is -0.444 e. The van der Waals surface area contributed by atoms with Crippen LogP contribution >= 0.6 is 11.6 Å². The third kappa shape index (κ3) is 4.70. The van der Waals surface area contributed by atoms with Gasteiger partial charge in [0, 0.05) is 64.2 Å². The van der Waals surface area contributed by atoms with E-state index in [1.807, 2.05) is 37.7 Å². The number of halogens is 2. The molecule has 3 aromatic heterocycles. The molecule has 0 bridgehead atoms. The van der Waals surface area contributed by atoms with Crippen molar-refractivity contribution in [3.05, 3.63) is 59.9 Å². The van der Waals surface area contributed by atoms with Crippen molar-refractivity contribution in [1.29, 1.82) is 0 Å². The molecule has 4 heterocycles. The first-order chi connectivity index (χ1) is 17.1. The SMILES string of the molecule is CC(C)(C)OC(=O)N1CCC(n2cc(-c3cnc(N)c(-c4cc5c(Cl)ccc(F)c5cn4)c3)cn2)C1. The lowest BCUT2D eigenvalue weighted by Gasteiger charge is -2.24. The normalized spacial score (nSPS) is 16.0. The van der Waals surface area contributed by atoms with Gasteiger partial charge in [0.15, 0.2) is 0 Å². The molecule has 1 aliphatic rings. The summed E-state index contributed by atoms with van der Waals surface area (Å²) < 4.78 is 21.5. The number of carbonyl (C=O) groups is 1. The van der Waals surface area contributed by atoms with Gasteiger partial charge in [-0.15, -0.1) is 0 Å². The van der Waals surface area contributed by atoms with Gasteiger partial charge in [0.2, 0.25) is 0 Å². The van der Waals surface area contributed by atoms with E-state index < -0.39 is 11.4 Å². The Kier molecular flexibility index (Phi) is 6.04. The van der Waals surface area contributed by atoms with Crippen molar-refractivity contribution in [2.45, 2.75) is 38.8 Å². The van der Waals surface area contributed by atoms with E-state index in [0.29, 0.717) is 46.0 Å². The molecule has 36 heavy (non-hydrogen) atoms. The number of carbonyl (C=O) groups excluding carboxylic acids is 1. The van der Waals surface area contributed by atoms with Gasteiger partial charge in [-0.1, -0.05) is 11.6 Å². The zero-order valence-corrected chi connectivity index (χ0v) is 21.0. The summed E-state index contributed by atoms with van der Waals surface area (Å²) in [6.07, 6.45) is 7.28. The van der Waals surface area contributed by atoms with Crippen LogP contribution < -0.4 is 5.73 Å². The van der Waals surface area contributed by atoms with Gasteiger partial charge in [0.05, 0.1) is 17.9 Å². The van der Waals surface area contributed by atoms with Crippen LogP contribution in [0.5, 0.6) is 0 Å². The Morgan fingerprint density at radius 2 is 1.94 bits per heavy atom. The van der Waals surface area contributed by atoms with Gasteiger partial charge in [-0.3, -0.25) is 9.67 Å². The third-order valence-corrected chi connectivity index (χ3v) is 6.44. The van der Waals surface area contributed by atoms with E-state index in [0.717, 1.165) is 17.5 Å². The minimum atomic E-state index is -0.534. The zero-order chi connectivity index (χ0) is 25.6. The largest absolute Gasteiger partial charge is 0.444 e. The lowest BCUT2D eigenvalue weighted by atomic mass is 10.0. The van der Waals surface area contributed by atoms with Gasteiger partial charge >= 0.3 is 6.09 Å². The summed E-state index contributed by atoms with van der Waals surface area (Å²) >= 11 is 6.30. The number of anilines is 1. The zero-order valence-electron chi connectivity index (χ0n) is 20.2. The molecule has 0 aliphatic carbocycles. The predicted octanol–water partition coefficient (Wildman–Crippen LogP) is 5.72. The van der Waals surface area contributed by atoms with E-state index in [-0.39, 0.29) is 12.1 Å². The molecule has 1 aliphatic heterocycles. The van der Waals surface area contributed by atoms with Gasteiger partial charge in [0.25, 0.3) is 0 Å². The number of aromatic nitrogens is 4. The van der Waals surface area contributed by atoms with Crippen molar-refractivity contribution < 1.29 is 13.9 Å². The topological polar surface area (TPSA) is 99.2 Å². The Morgan fingerprint density at radius 3 is 2.72 bits per heavy atom. The lowest BCUT2D eigenvalue weighted by Crippen LogP contribution is -2.35. The number of amides is 1. The Bertz CT molecular complexity index is 1460. The van der Waals surface area contributed by atoms with Crippen molar-refractivity contribution in [2.24, 2.45) is 0 Å². The Labute approximate surface area is 212 Å². The second-order valence-electron chi connectivity index (χ2n) is 9.88. The van der Waals surface area contributed by atoms with E-state index in [9.17, 15) is 9.18 Å². The molecule has 0 saturated carbocycles. The van der Waals surface area contributed by atoms with E-state index in [2.05, 4.69) is 15.1 Å². The fraction of sp³-hybridized carbons (Fsp3) is 0.308. The number of fused-ring (bicyclic) bond motifs is 1. The van der Waals surface area contributed by atoms with Crippen LogP contribution in [0.4, 0.5) is 15.0 Å². The van der Waals surface area contributed by atoms with Gasteiger partial charge in [-0.2, -0.15) is 5.10 Å². The molecule has 5 rings (SSSR count). The fourth-order valence-corrected chi connectivity index (χ4v) is 4.51. The quantitative estimate of drug-likeness (QED) is 0.380. The highest BCUT2D eigenvalue weighted by molar-refractivity contribution is 6.35. The lowest BCUT2D eigenvalue weighted by molar-refractivity contribution is 0.0288. The highest BCUT2D eigenvalue weighted by Gasteiger charge is 2.31. The molecule has 186 valence electrons. The molecule has 1 amide bonds. The van der Waals surface area contributed by atoms with Crippen LogP contribution in [0.3, 0.4) is 0 Å². The Balaban J connectivity index is 1.39. The molecule has 8 nitrogen and oxygen atoms in total. The van der Waals surface area contributed by atoms with Crippen molar-refractivity contribution >= 4 is 34.3 Å². The van der Waals surface area contributed by atoms with Gasteiger partial charge < -0.3 is 15.4 Å². The summed E-state index contributed by atoms with van der Waals surface area (Å²) in [5, 5.41) is 5.85. The van der Waals surface area contributed by atoms with Crippen LogP contribution in [-0.2, 0) is 4.74 Å². The number of likely N-dealkylation sites (tertiary alicyclic amines) is 1. The average Bonchev–Trinajstić information content (AvgIpc) is 3.51. The summed E-state index contributed by atoms with van der Waals surface area (Å²) in [6, 6.07) is 6.48. The number of ether oxygens (including phenoxy) is 1. The first kappa shape index (κ1) is 24.0. The summed E-state index contributed by atoms with van der Waals surface area (Å²) in [4.78, 5) is 22.9. The summed E-state index contributed by atoms with van der Waals surface area (Å²) in [5.74, 6) is -0.0906. The standard InChI is InChI=1S/C26H26ClFN6O2/c1-26(2,3)36-25(35)33-7-6-17(14-33)34-13-16(11-32-34)15-8-19(24(29)31-10-15)23-9-18-20(12-30-23)22(28)5-4-21(18)27/h4-5,8-13,17H,6-7,14H2,1-3H3,(H2,29,31). The van der Waals surface area contributed by atoms with Crippen molar-refractivity contribution in [2.75, 3.05) is 18.8 Å². The average molecular weight is 509 g/mol. The van der Waals surface area contributed by atoms with Crippen LogP contribution in [0.1, 0.15) is 33.2 Å². The number of nitrogen functional groups attached to an aromatic ring is 1. The molecule has 1 unspecified atom stereocenters. The maximum atomic E-state index is 14.2. The van der Waals surface area contributed by atoms with Crippen molar-refractivity contribution in [1.82, 2.24) is 24.6 Å². The third-order valence-electron chi connectivity index (χ3n) is 6.11. The number of rotatable bonds is 3. The highest BCUT2D eigenvalue weighted by Crippen LogP contribution is 2.33. The maximum Gasteiger partial charge on any atom is 0.410 e. The number of nitrogens with two attached hydrogens (primary N) is 1. The molecule has 1 atom stereocenters. The number of nitrogens with zero attached hydrogens (tertiary/aromatic N) is 5. The number of hydrogen-bond donors (Lipinski definition) is 1. The van der Waals surface area contributed by atoms with E-state index in [4.69, 9.17) is 22.1 Å². The molecular weight excluding hydrogens is 483 g/mol. The summed E-state index contributed by atoms with van der Waals surface area (Å²) in [5.41, 5.74) is 8.45. The van der Waals surface area contributed by atoms with Crippen LogP contribution in [0.15, 0.2) is 49.1 Å². The smallest absolute Gasteiger partial charge is 0.410 e. The maximum absolute atomic E-state index is 14.2. The monoisotopic (exact) mass is 508 g/mol. The van der Waals surface area contributed by atoms with Crippen LogP contribution in [0.2, 0.25) is 5.02 Å². The van der Waals surface area contributed by atoms with Crippen LogP contribution in [-0.4, -0.2) is 49.4 Å².